The largest absolute Gasteiger partial charge is 0.469 e. The summed E-state index contributed by atoms with van der Waals surface area (Å²) in [5, 5.41) is 0. The summed E-state index contributed by atoms with van der Waals surface area (Å²) >= 11 is 0. The monoisotopic (exact) mass is 745 g/mol. The second-order valence-corrected chi connectivity index (χ2v) is 18.9. The first-order chi connectivity index (χ1) is 26.5. The normalized spacial score (nSPS) is 20.0. The quantitative estimate of drug-likeness (QED) is 0.166. The van der Waals surface area contributed by atoms with Crippen LogP contribution in [0.3, 0.4) is 0 Å². The third kappa shape index (κ3) is 6.71. The number of benzene rings is 4. The van der Waals surface area contributed by atoms with Gasteiger partial charge in [-0.3, -0.25) is 4.90 Å². The van der Waals surface area contributed by atoms with Gasteiger partial charge in [-0.1, -0.05) is 105 Å². The number of aromatic nitrogens is 1. The summed E-state index contributed by atoms with van der Waals surface area (Å²) in [6, 6.07) is 31.4. The number of hydrogen-bond acceptors (Lipinski definition) is 5. The lowest BCUT2D eigenvalue weighted by Gasteiger charge is -2.41. The van der Waals surface area contributed by atoms with Gasteiger partial charge in [0.05, 0.1) is 17.4 Å². The highest BCUT2D eigenvalue weighted by Gasteiger charge is 2.44. The van der Waals surface area contributed by atoms with Crippen LogP contribution in [0.5, 0.6) is 11.5 Å². The van der Waals surface area contributed by atoms with Crippen molar-refractivity contribution < 1.29 is 9.47 Å². The van der Waals surface area contributed by atoms with Crippen LogP contribution in [0, 0.1) is 6.92 Å². The van der Waals surface area contributed by atoms with E-state index in [1.165, 1.54) is 46.2 Å². The van der Waals surface area contributed by atoms with E-state index in [9.17, 15) is 0 Å². The molecule has 2 atom stereocenters. The summed E-state index contributed by atoms with van der Waals surface area (Å²) in [5.74, 6) is 3.93. The van der Waals surface area contributed by atoms with Crippen molar-refractivity contribution in [1.82, 2.24) is 4.98 Å². The van der Waals surface area contributed by atoms with Gasteiger partial charge in [0, 0.05) is 28.8 Å². The average Bonchev–Trinajstić information content (AvgIpc) is 3.51. The summed E-state index contributed by atoms with van der Waals surface area (Å²) in [5.41, 5.74) is 12.7. The Morgan fingerprint density at radius 1 is 0.786 bits per heavy atom. The number of pyridine rings is 1. The zero-order valence-corrected chi connectivity index (χ0v) is 35.4. The minimum atomic E-state index is -0.258. The van der Waals surface area contributed by atoms with Gasteiger partial charge >= 0.3 is 0 Å². The van der Waals surface area contributed by atoms with Crippen LogP contribution in [0.15, 0.2) is 96.1 Å². The number of nitrogens with zero attached hydrogens (tertiary/aromatic N) is 3. The van der Waals surface area contributed by atoms with Crippen molar-refractivity contribution in [3.8, 4) is 22.6 Å². The molecule has 0 saturated heterocycles. The Morgan fingerprint density at radius 3 is 2.20 bits per heavy atom. The Kier molecular flexibility index (Phi) is 9.45. The standard InChI is InChI=1S/C51H59N3O2/c1-31(2)40-16-14-17-41(32(3)4)46(40)34-26-35(48-53-45-19-12-13-22-51(45,11)56-48)28-39(27-34)55-38-25-33(5)24-37(30-38)54-44-21-20-36(49(6,7)8)29-43(44)50(9,10)42-18-15-23-52-47(42)54/h14-18,20-21,23-32,45H,12-13,19,22H2,1-11H3/t45-,51+/m1/s1. The smallest absolute Gasteiger partial charge is 0.217 e. The van der Waals surface area contributed by atoms with Crippen LogP contribution in [0.1, 0.15) is 146 Å². The first kappa shape index (κ1) is 38.0. The molecule has 0 N–H and O–H groups in total. The molecular weight excluding hydrogens is 687 g/mol. The highest BCUT2D eigenvalue weighted by molar-refractivity contribution is 5.98. The number of aryl methyl sites for hydroxylation is 1. The number of aliphatic imine (C=N–C) groups is 1. The lowest BCUT2D eigenvalue weighted by atomic mass is 9.72. The predicted octanol–water partition coefficient (Wildman–Crippen LogP) is 14.0. The van der Waals surface area contributed by atoms with Gasteiger partial charge in [-0.25, -0.2) is 9.98 Å². The Labute approximate surface area is 335 Å². The molecule has 2 aliphatic heterocycles. The third-order valence-corrected chi connectivity index (χ3v) is 12.5. The van der Waals surface area contributed by atoms with Crippen LogP contribution < -0.4 is 9.64 Å². The minimum Gasteiger partial charge on any atom is -0.469 e. The average molecular weight is 746 g/mol. The fraction of sp³-hybridized carbons (Fsp3) is 0.412. The molecular formula is C51H59N3O2. The SMILES string of the molecule is Cc1cc(Oc2cc(C3=N[C@@H]4CCCC[C@]4(C)O3)cc(-c3c(C(C)C)cccc3C(C)C)c2)cc(N2c3ccc(C(C)(C)C)cc3C(C)(C)c3cccnc32)c1. The number of ether oxygens (including phenoxy) is 2. The molecule has 1 aliphatic carbocycles. The van der Waals surface area contributed by atoms with E-state index in [0.717, 1.165) is 64.1 Å². The van der Waals surface area contributed by atoms with E-state index in [4.69, 9.17) is 19.5 Å². The van der Waals surface area contributed by atoms with Crippen LogP contribution in [0.25, 0.3) is 11.1 Å². The molecule has 5 aromatic rings. The summed E-state index contributed by atoms with van der Waals surface area (Å²) in [4.78, 5) is 12.6. The maximum atomic E-state index is 7.02. The van der Waals surface area contributed by atoms with E-state index in [2.05, 4.69) is 166 Å². The number of hydrogen-bond donors (Lipinski definition) is 0. The van der Waals surface area contributed by atoms with Crippen molar-refractivity contribution in [2.75, 3.05) is 4.90 Å². The summed E-state index contributed by atoms with van der Waals surface area (Å²) in [6.45, 7) is 25.0. The molecule has 4 aromatic carbocycles. The fourth-order valence-electron chi connectivity index (χ4n) is 9.27. The Morgan fingerprint density at radius 2 is 1.50 bits per heavy atom. The van der Waals surface area contributed by atoms with Crippen LogP contribution in [0.4, 0.5) is 17.2 Å². The van der Waals surface area contributed by atoms with Crippen molar-refractivity contribution in [2.45, 2.75) is 136 Å². The van der Waals surface area contributed by atoms with E-state index < -0.39 is 0 Å². The predicted molar refractivity (Wildman–Crippen MR) is 233 cm³/mol. The molecule has 0 radical (unpaired) electrons. The topological polar surface area (TPSA) is 47.0 Å². The van der Waals surface area contributed by atoms with Gasteiger partial charge in [0.1, 0.15) is 22.9 Å². The molecule has 0 unspecified atom stereocenters. The molecule has 0 spiro atoms. The molecule has 1 aromatic heterocycles. The second kappa shape index (κ2) is 13.9. The Hall–Kier alpha value is -4.90. The van der Waals surface area contributed by atoms with Gasteiger partial charge < -0.3 is 9.47 Å². The van der Waals surface area contributed by atoms with Crippen molar-refractivity contribution in [3.05, 3.63) is 130 Å². The maximum Gasteiger partial charge on any atom is 0.217 e. The van der Waals surface area contributed by atoms with E-state index in [0.29, 0.717) is 11.8 Å². The van der Waals surface area contributed by atoms with Gasteiger partial charge in [-0.2, -0.15) is 0 Å². The molecule has 3 heterocycles. The van der Waals surface area contributed by atoms with Gasteiger partial charge in [-0.15, -0.1) is 0 Å². The lowest BCUT2D eigenvalue weighted by Crippen LogP contribution is -2.39. The highest BCUT2D eigenvalue weighted by Crippen LogP contribution is 2.52. The highest BCUT2D eigenvalue weighted by atomic mass is 16.5. The number of anilines is 3. The molecule has 56 heavy (non-hydrogen) atoms. The summed E-state index contributed by atoms with van der Waals surface area (Å²) < 4.78 is 13.8. The van der Waals surface area contributed by atoms with Gasteiger partial charge in [0.25, 0.3) is 0 Å². The van der Waals surface area contributed by atoms with E-state index in [1.807, 2.05) is 6.20 Å². The molecule has 0 bridgehead atoms. The Bertz CT molecular complexity index is 2320. The summed E-state index contributed by atoms with van der Waals surface area (Å²) in [6.07, 6.45) is 6.37. The number of rotatable bonds is 7. The molecule has 3 aliphatic rings. The van der Waals surface area contributed by atoms with Crippen LogP contribution >= 0.6 is 0 Å². The second-order valence-electron chi connectivity index (χ2n) is 18.9. The van der Waals surface area contributed by atoms with E-state index in [1.54, 1.807) is 0 Å². The number of fused-ring (bicyclic) bond motifs is 3. The van der Waals surface area contributed by atoms with Gasteiger partial charge in [-0.05, 0) is 132 Å². The molecule has 1 saturated carbocycles. The van der Waals surface area contributed by atoms with Crippen molar-refractivity contribution in [1.29, 1.82) is 0 Å². The molecule has 5 nitrogen and oxygen atoms in total. The van der Waals surface area contributed by atoms with E-state index in [-0.39, 0.29) is 22.5 Å². The van der Waals surface area contributed by atoms with E-state index >= 15 is 0 Å². The zero-order chi connectivity index (χ0) is 39.7. The first-order valence-corrected chi connectivity index (χ1v) is 20.8. The van der Waals surface area contributed by atoms with Crippen molar-refractivity contribution in [3.63, 3.8) is 0 Å². The lowest BCUT2D eigenvalue weighted by molar-refractivity contribution is 0.0446. The third-order valence-electron chi connectivity index (χ3n) is 12.5. The van der Waals surface area contributed by atoms with Crippen LogP contribution in [0.2, 0.25) is 0 Å². The fourth-order valence-corrected chi connectivity index (χ4v) is 9.27. The molecule has 8 rings (SSSR count). The molecule has 0 amide bonds. The van der Waals surface area contributed by atoms with Gasteiger partial charge in [0.15, 0.2) is 0 Å². The minimum absolute atomic E-state index is 0.0271. The van der Waals surface area contributed by atoms with Crippen LogP contribution in [-0.4, -0.2) is 22.5 Å². The molecule has 5 heteroatoms. The Balaban J connectivity index is 1.27. The first-order valence-electron chi connectivity index (χ1n) is 20.8. The van der Waals surface area contributed by atoms with Gasteiger partial charge in [0.2, 0.25) is 5.90 Å². The van der Waals surface area contributed by atoms with Crippen molar-refractivity contribution in [2.24, 2.45) is 4.99 Å². The van der Waals surface area contributed by atoms with Crippen LogP contribution in [-0.2, 0) is 15.6 Å². The zero-order valence-electron chi connectivity index (χ0n) is 35.4. The molecule has 290 valence electrons. The summed E-state index contributed by atoms with van der Waals surface area (Å²) in [7, 11) is 0. The maximum absolute atomic E-state index is 7.02. The molecule has 1 fully saturated rings. The van der Waals surface area contributed by atoms with Crippen molar-refractivity contribution >= 4 is 23.1 Å².